The molecule has 0 fully saturated rings. The van der Waals surface area contributed by atoms with Gasteiger partial charge in [-0.15, -0.1) is 0 Å². The van der Waals surface area contributed by atoms with Gasteiger partial charge in [0.25, 0.3) is 0 Å². The fraction of sp³-hybridized carbons (Fsp3) is 0.478. The van der Waals surface area contributed by atoms with Gasteiger partial charge in [0, 0.05) is 19.8 Å². The third-order valence-corrected chi connectivity index (χ3v) is 4.73. The number of rotatable bonds is 2. The van der Waals surface area contributed by atoms with Gasteiger partial charge in [0.05, 0.1) is 0 Å². The highest BCUT2D eigenvalue weighted by Gasteiger charge is 2.26. The highest BCUT2D eigenvalue weighted by molar-refractivity contribution is 5.64. The lowest BCUT2D eigenvalue weighted by Crippen LogP contribution is -2.18. The molecule has 0 atom stereocenters. The van der Waals surface area contributed by atoms with Crippen molar-refractivity contribution >= 4 is 11.8 Å². The van der Waals surface area contributed by atoms with Gasteiger partial charge in [-0.3, -0.25) is 0 Å². The van der Waals surface area contributed by atoms with E-state index >= 15 is 0 Å². The Bertz CT molecular complexity index is 636. The number of nitrogens with zero attached hydrogens (tertiary/aromatic N) is 1. The average Bonchev–Trinajstić information content (AvgIpc) is 2.45. The van der Waals surface area contributed by atoms with Gasteiger partial charge in [-0.05, 0) is 46.6 Å². The summed E-state index contributed by atoms with van der Waals surface area (Å²) < 4.78 is 0. The van der Waals surface area contributed by atoms with Gasteiger partial charge >= 0.3 is 0 Å². The van der Waals surface area contributed by atoms with Crippen LogP contribution in [0.1, 0.15) is 53.5 Å². The highest BCUT2D eigenvalue weighted by Crippen LogP contribution is 2.41. The molecular formula is C23H33N. The van der Waals surface area contributed by atoms with Crippen molar-refractivity contribution in [3.05, 3.63) is 58.7 Å². The van der Waals surface area contributed by atoms with Crippen LogP contribution in [0.4, 0.5) is 5.69 Å². The topological polar surface area (TPSA) is 3.24 Å². The SMILES string of the molecule is CN(C)c1ccc(C=C2C=C(C(C)(C)C)CC(C(C)(C)C)=C2)cc1. The standard InChI is InChI=1S/C23H33N/c1-22(2,3)19-14-18(15-20(16-19)23(4,5)6)13-17-9-11-21(12-10-17)24(7)8/h9-15H,16H2,1-8H3. The normalized spacial score (nSPS) is 15.8. The Morgan fingerprint density at radius 2 is 1.25 bits per heavy atom. The number of benzene rings is 1. The Labute approximate surface area is 148 Å². The molecule has 1 heteroatoms. The molecule has 1 aliphatic carbocycles. The minimum atomic E-state index is 0.207. The third kappa shape index (κ3) is 4.63. The van der Waals surface area contributed by atoms with Crippen molar-refractivity contribution in [1.29, 1.82) is 0 Å². The van der Waals surface area contributed by atoms with E-state index < -0.39 is 0 Å². The summed E-state index contributed by atoms with van der Waals surface area (Å²) in [6, 6.07) is 8.76. The van der Waals surface area contributed by atoms with Gasteiger partial charge in [0.1, 0.15) is 0 Å². The maximum atomic E-state index is 2.38. The number of hydrogen-bond acceptors (Lipinski definition) is 1. The first-order chi connectivity index (χ1) is 11.0. The zero-order valence-corrected chi connectivity index (χ0v) is 16.7. The van der Waals surface area contributed by atoms with Crippen molar-refractivity contribution < 1.29 is 0 Å². The minimum absolute atomic E-state index is 0.207. The molecule has 24 heavy (non-hydrogen) atoms. The molecule has 0 heterocycles. The fourth-order valence-corrected chi connectivity index (χ4v) is 2.86. The summed E-state index contributed by atoms with van der Waals surface area (Å²) >= 11 is 0. The maximum Gasteiger partial charge on any atom is 0.0361 e. The first-order valence-corrected chi connectivity index (χ1v) is 8.88. The third-order valence-electron chi connectivity index (χ3n) is 4.73. The molecule has 1 aromatic carbocycles. The summed E-state index contributed by atoms with van der Waals surface area (Å²) in [5.74, 6) is 0. The smallest absolute Gasteiger partial charge is 0.0361 e. The summed E-state index contributed by atoms with van der Waals surface area (Å²) in [5, 5.41) is 0. The van der Waals surface area contributed by atoms with E-state index in [0.29, 0.717) is 0 Å². The van der Waals surface area contributed by atoms with Gasteiger partial charge in [-0.2, -0.15) is 0 Å². The van der Waals surface area contributed by atoms with Gasteiger partial charge in [0.15, 0.2) is 0 Å². The Hall–Kier alpha value is -1.76. The molecule has 1 nitrogen and oxygen atoms in total. The van der Waals surface area contributed by atoms with E-state index in [1.54, 1.807) is 0 Å². The van der Waals surface area contributed by atoms with Crippen molar-refractivity contribution in [2.24, 2.45) is 10.8 Å². The van der Waals surface area contributed by atoms with Gasteiger partial charge in [0.2, 0.25) is 0 Å². The molecule has 130 valence electrons. The predicted molar refractivity (Wildman–Crippen MR) is 108 cm³/mol. The van der Waals surface area contributed by atoms with Crippen LogP contribution in [-0.2, 0) is 0 Å². The van der Waals surface area contributed by atoms with E-state index in [1.807, 2.05) is 0 Å². The zero-order chi connectivity index (χ0) is 18.1. The number of hydrogen-bond donors (Lipinski definition) is 0. The number of anilines is 1. The summed E-state index contributed by atoms with van der Waals surface area (Å²) in [4.78, 5) is 2.13. The van der Waals surface area contributed by atoms with E-state index in [4.69, 9.17) is 0 Å². The molecule has 0 amide bonds. The van der Waals surface area contributed by atoms with Crippen molar-refractivity contribution in [3.63, 3.8) is 0 Å². The van der Waals surface area contributed by atoms with Crippen molar-refractivity contribution in [3.8, 4) is 0 Å². The lowest BCUT2D eigenvalue weighted by molar-refractivity contribution is 0.447. The first-order valence-electron chi connectivity index (χ1n) is 8.88. The predicted octanol–water partition coefficient (Wildman–Crippen LogP) is 6.48. The van der Waals surface area contributed by atoms with Crippen LogP contribution in [0, 0.1) is 10.8 Å². The van der Waals surface area contributed by atoms with Crippen molar-refractivity contribution in [2.45, 2.75) is 48.0 Å². The van der Waals surface area contributed by atoms with E-state index in [2.05, 4.69) is 103 Å². The van der Waals surface area contributed by atoms with E-state index in [-0.39, 0.29) is 10.8 Å². The Kier molecular flexibility index (Phi) is 5.13. The molecule has 0 N–H and O–H groups in total. The molecular weight excluding hydrogens is 290 g/mol. The highest BCUT2D eigenvalue weighted by atomic mass is 15.1. The molecule has 0 spiro atoms. The number of allylic oxidation sites excluding steroid dienone is 5. The lowest BCUT2D eigenvalue weighted by atomic mass is 9.72. The Morgan fingerprint density at radius 1 is 0.792 bits per heavy atom. The molecule has 0 unspecified atom stereocenters. The molecule has 0 saturated heterocycles. The molecule has 0 saturated carbocycles. The van der Waals surface area contributed by atoms with Crippen LogP contribution >= 0.6 is 0 Å². The summed E-state index contributed by atoms with van der Waals surface area (Å²) in [6.45, 7) is 13.9. The fourth-order valence-electron chi connectivity index (χ4n) is 2.86. The second-order valence-electron chi connectivity index (χ2n) is 9.15. The van der Waals surface area contributed by atoms with Crippen molar-refractivity contribution in [2.75, 3.05) is 19.0 Å². The Morgan fingerprint density at radius 3 is 1.62 bits per heavy atom. The van der Waals surface area contributed by atoms with E-state index in [9.17, 15) is 0 Å². The van der Waals surface area contributed by atoms with E-state index in [1.165, 1.54) is 28.0 Å². The van der Waals surface area contributed by atoms with Crippen molar-refractivity contribution in [1.82, 2.24) is 0 Å². The maximum absolute atomic E-state index is 2.38. The molecule has 1 aromatic rings. The van der Waals surface area contributed by atoms with Gasteiger partial charge in [-0.1, -0.05) is 77.0 Å². The first kappa shape index (κ1) is 18.6. The van der Waals surface area contributed by atoms with Crippen LogP contribution in [0.2, 0.25) is 0 Å². The van der Waals surface area contributed by atoms with Gasteiger partial charge in [-0.25, -0.2) is 0 Å². The quantitative estimate of drug-likeness (QED) is 0.601. The molecule has 0 aliphatic heterocycles. The monoisotopic (exact) mass is 323 g/mol. The molecule has 0 bridgehead atoms. The zero-order valence-electron chi connectivity index (χ0n) is 16.7. The second kappa shape index (κ2) is 6.63. The lowest BCUT2D eigenvalue weighted by Gasteiger charge is -2.33. The molecule has 0 radical (unpaired) electrons. The minimum Gasteiger partial charge on any atom is -0.378 e. The van der Waals surface area contributed by atoms with Crippen LogP contribution in [0.15, 0.2) is 53.1 Å². The van der Waals surface area contributed by atoms with Crippen LogP contribution in [0.5, 0.6) is 0 Å². The summed E-state index contributed by atoms with van der Waals surface area (Å²) in [5.41, 5.74) is 7.26. The second-order valence-corrected chi connectivity index (χ2v) is 9.15. The Balaban J connectivity index is 2.42. The molecule has 0 aromatic heterocycles. The summed E-state index contributed by atoms with van der Waals surface area (Å²) in [6.07, 6.45) is 8.16. The summed E-state index contributed by atoms with van der Waals surface area (Å²) in [7, 11) is 4.15. The molecule has 1 aliphatic rings. The van der Waals surface area contributed by atoms with Crippen LogP contribution in [0.3, 0.4) is 0 Å². The average molecular weight is 324 g/mol. The van der Waals surface area contributed by atoms with Crippen LogP contribution in [0.25, 0.3) is 6.08 Å². The van der Waals surface area contributed by atoms with Gasteiger partial charge < -0.3 is 4.90 Å². The van der Waals surface area contributed by atoms with E-state index in [0.717, 1.165) is 6.42 Å². The largest absolute Gasteiger partial charge is 0.378 e. The van der Waals surface area contributed by atoms with Crippen LogP contribution < -0.4 is 4.90 Å². The van der Waals surface area contributed by atoms with Crippen LogP contribution in [-0.4, -0.2) is 14.1 Å². The molecule has 2 rings (SSSR count).